The normalized spacial score (nSPS) is 10.8. The van der Waals surface area contributed by atoms with Crippen molar-refractivity contribution in [2.75, 3.05) is 5.73 Å². The Balaban J connectivity index is 2.36. The molecular weight excluding hydrogens is 214 g/mol. The van der Waals surface area contributed by atoms with E-state index in [2.05, 4.69) is 5.10 Å². The second kappa shape index (κ2) is 4.49. The average molecular weight is 231 g/mol. The molecule has 0 radical (unpaired) electrons. The largest absolute Gasteiger partial charge is 0.489 e. The van der Waals surface area contributed by atoms with E-state index in [0.29, 0.717) is 11.4 Å². The number of nitrogen functional groups attached to an aromatic ring is 1. The molecule has 0 aliphatic heterocycles. The minimum atomic E-state index is 0.108. The molecule has 2 N–H and O–H groups in total. The lowest BCUT2D eigenvalue weighted by Gasteiger charge is -2.12. The van der Waals surface area contributed by atoms with Gasteiger partial charge in [0.2, 0.25) is 0 Å². The van der Waals surface area contributed by atoms with Crippen LogP contribution in [0.15, 0.2) is 30.5 Å². The predicted molar refractivity (Wildman–Crippen MR) is 68.8 cm³/mol. The van der Waals surface area contributed by atoms with Crippen molar-refractivity contribution in [2.45, 2.75) is 20.0 Å². The van der Waals surface area contributed by atoms with Gasteiger partial charge in [-0.3, -0.25) is 4.68 Å². The Kier molecular flexibility index (Phi) is 3.04. The molecule has 2 aromatic rings. The van der Waals surface area contributed by atoms with Gasteiger partial charge in [-0.05, 0) is 32.0 Å². The average Bonchev–Trinajstić information content (AvgIpc) is 2.67. The molecule has 0 aliphatic rings. The van der Waals surface area contributed by atoms with Crippen LogP contribution in [-0.4, -0.2) is 15.9 Å². The zero-order valence-corrected chi connectivity index (χ0v) is 10.3. The summed E-state index contributed by atoms with van der Waals surface area (Å²) in [5.74, 6) is 0.711. The summed E-state index contributed by atoms with van der Waals surface area (Å²) in [7, 11) is 1.90. The first-order chi connectivity index (χ1) is 8.06. The molecule has 0 saturated carbocycles. The van der Waals surface area contributed by atoms with E-state index < -0.39 is 0 Å². The summed E-state index contributed by atoms with van der Waals surface area (Å²) in [6, 6.07) is 7.69. The minimum absolute atomic E-state index is 0.108. The summed E-state index contributed by atoms with van der Waals surface area (Å²) in [5, 5.41) is 4.35. The van der Waals surface area contributed by atoms with Crippen LogP contribution in [0, 0.1) is 0 Å². The summed E-state index contributed by atoms with van der Waals surface area (Å²) in [6.07, 6.45) is 2.02. The highest BCUT2D eigenvalue weighted by Gasteiger charge is 2.07. The zero-order valence-electron chi connectivity index (χ0n) is 10.3. The molecule has 90 valence electrons. The van der Waals surface area contributed by atoms with Crippen molar-refractivity contribution in [1.82, 2.24) is 9.78 Å². The maximum Gasteiger partial charge on any atom is 0.143 e. The summed E-state index contributed by atoms with van der Waals surface area (Å²) >= 11 is 0. The highest BCUT2D eigenvalue weighted by Crippen LogP contribution is 2.28. The topological polar surface area (TPSA) is 53.1 Å². The van der Waals surface area contributed by atoms with Gasteiger partial charge >= 0.3 is 0 Å². The summed E-state index contributed by atoms with van der Waals surface area (Å²) in [6.45, 7) is 3.96. The van der Waals surface area contributed by atoms with Gasteiger partial charge in [0.1, 0.15) is 5.75 Å². The van der Waals surface area contributed by atoms with Crippen molar-refractivity contribution in [1.29, 1.82) is 0 Å². The molecule has 0 fully saturated rings. The van der Waals surface area contributed by atoms with Crippen molar-refractivity contribution in [3.05, 3.63) is 30.5 Å². The predicted octanol–water partition coefficient (Wildman–Crippen LogP) is 2.46. The van der Waals surface area contributed by atoms with Crippen molar-refractivity contribution < 1.29 is 4.74 Å². The summed E-state index contributed by atoms with van der Waals surface area (Å²) in [4.78, 5) is 0. The first kappa shape index (κ1) is 11.5. The minimum Gasteiger partial charge on any atom is -0.489 e. The van der Waals surface area contributed by atoms with Crippen molar-refractivity contribution in [2.24, 2.45) is 7.05 Å². The Morgan fingerprint density at radius 3 is 2.65 bits per heavy atom. The lowest BCUT2D eigenvalue weighted by atomic mass is 10.1. The van der Waals surface area contributed by atoms with E-state index in [9.17, 15) is 0 Å². The van der Waals surface area contributed by atoms with Crippen LogP contribution in [0.2, 0.25) is 0 Å². The van der Waals surface area contributed by atoms with Crippen LogP contribution in [-0.2, 0) is 7.05 Å². The van der Waals surface area contributed by atoms with Crippen LogP contribution in [0.25, 0.3) is 11.3 Å². The fourth-order valence-electron chi connectivity index (χ4n) is 1.62. The number of nitrogens with two attached hydrogens (primary N) is 1. The molecule has 4 heteroatoms. The maximum atomic E-state index is 5.87. The Morgan fingerprint density at radius 1 is 1.29 bits per heavy atom. The number of ether oxygens (including phenoxy) is 1. The van der Waals surface area contributed by atoms with Gasteiger partial charge in [-0.2, -0.15) is 5.10 Å². The fraction of sp³-hybridized carbons (Fsp3) is 0.308. The third-order valence-corrected chi connectivity index (χ3v) is 2.39. The number of aryl methyl sites for hydroxylation is 1. The molecule has 0 bridgehead atoms. The van der Waals surface area contributed by atoms with Crippen LogP contribution in [0.3, 0.4) is 0 Å². The molecule has 1 heterocycles. The van der Waals surface area contributed by atoms with E-state index >= 15 is 0 Å². The van der Waals surface area contributed by atoms with Crippen LogP contribution in [0.5, 0.6) is 5.75 Å². The number of hydrogen-bond acceptors (Lipinski definition) is 3. The number of hydrogen-bond donors (Lipinski definition) is 1. The molecule has 0 unspecified atom stereocenters. The highest BCUT2D eigenvalue weighted by atomic mass is 16.5. The molecule has 1 aromatic heterocycles. The van der Waals surface area contributed by atoms with Crippen LogP contribution < -0.4 is 10.5 Å². The van der Waals surface area contributed by atoms with E-state index in [1.165, 1.54) is 0 Å². The molecule has 0 amide bonds. The first-order valence-electron chi connectivity index (χ1n) is 5.62. The lowest BCUT2D eigenvalue weighted by molar-refractivity contribution is 0.244. The third kappa shape index (κ3) is 2.58. The summed E-state index contributed by atoms with van der Waals surface area (Å²) in [5.41, 5.74) is 8.45. The van der Waals surface area contributed by atoms with Gasteiger partial charge in [-0.15, -0.1) is 0 Å². The number of aromatic nitrogens is 2. The molecule has 1 aromatic carbocycles. The van der Waals surface area contributed by atoms with E-state index in [0.717, 1.165) is 11.3 Å². The second-order valence-electron chi connectivity index (χ2n) is 4.29. The van der Waals surface area contributed by atoms with Gasteiger partial charge in [0.25, 0.3) is 0 Å². The van der Waals surface area contributed by atoms with Crippen LogP contribution >= 0.6 is 0 Å². The number of rotatable bonds is 3. The smallest absolute Gasteiger partial charge is 0.143 e. The van der Waals surface area contributed by atoms with E-state index in [-0.39, 0.29) is 6.10 Å². The van der Waals surface area contributed by atoms with Gasteiger partial charge in [0, 0.05) is 18.8 Å². The number of anilines is 1. The van der Waals surface area contributed by atoms with E-state index in [1.807, 2.05) is 51.4 Å². The molecule has 0 saturated heterocycles. The Hall–Kier alpha value is -1.97. The van der Waals surface area contributed by atoms with Crippen molar-refractivity contribution >= 4 is 5.69 Å². The van der Waals surface area contributed by atoms with E-state index in [4.69, 9.17) is 10.5 Å². The van der Waals surface area contributed by atoms with Gasteiger partial charge in [0.15, 0.2) is 0 Å². The van der Waals surface area contributed by atoms with Gasteiger partial charge in [-0.1, -0.05) is 6.07 Å². The molecule has 17 heavy (non-hydrogen) atoms. The molecule has 4 nitrogen and oxygen atoms in total. The first-order valence-corrected chi connectivity index (χ1v) is 5.62. The monoisotopic (exact) mass is 231 g/mol. The van der Waals surface area contributed by atoms with Crippen LogP contribution in [0.1, 0.15) is 13.8 Å². The highest BCUT2D eigenvalue weighted by molar-refractivity contribution is 5.67. The molecular formula is C13H17N3O. The quantitative estimate of drug-likeness (QED) is 0.825. The Labute approximate surface area is 101 Å². The molecule has 2 rings (SSSR count). The van der Waals surface area contributed by atoms with Crippen LogP contribution in [0.4, 0.5) is 5.69 Å². The molecule has 0 spiro atoms. The van der Waals surface area contributed by atoms with Crippen molar-refractivity contribution in [3.63, 3.8) is 0 Å². The van der Waals surface area contributed by atoms with Gasteiger partial charge in [-0.25, -0.2) is 0 Å². The lowest BCUT2D eigenvalue weighted by Crippen LogP contribution is -2.07. The molecule has 0 atom stereocenters. The van der Waals surface area contributed by atoms with Crippen molar-refractivity contribution in [3.8, 4) is 17.0 Å². The second-order valence-corrected chi connectivity index (χ2v) is 4.29. The maximum absolute atomic E-state index is 5.87. The molecule has 0 aliphatic carbocycles. The van der Waals surface area contributed by atoms with Gasteiger partial charge in [0.05, 0.1) is 17.5 Å². The number of nitrogens with zero attached hydrogens (tertiary/aromatic N) is 2. The Morgan fingerprint density at radius 2 is 2.06 bits per heavy atom. The SMILES string of the molecule is CC(C)Oc1cc(-c2ccn(C)n2)ccc1N. The van der Waals surface area contributed by atoms with Gasteiger partial charge < -0.3 is 10.5 Å². The van der Waals surface area contributed by atoms with E-state index in [1.54, 1.807) is 4.68 Å². The third-order valence-electron chi connectivity index (χ3n) is 2.39. The summed E-state index contributed by atoms with van der Waals surface area (Å²) < 4.78 is 7.43. The zero-order chi connectivity index (χ0) is 12.4. The Bertz CT molecular complexity index is 517. The fourth-order valence-corrected chi connectivity index (χ4v) is 1.62. The standard InChI is InChI=1S/C13H17N3O/c1-9(2)17-13-8-10(4-5-11(13)14)12-6-7-16(3)15-12/h4-9H,14H2,1-3H3. The number of benzene rings is 1.